The first kappa shape index (κ1) is 15.3. The van der Waals surface area contributed by atoms with Crippen LogP contribution in [0.15, 0.2) is 47.4 Å². The zero-order chi connectivity index (χ0) is 15.6. The fourth-order valence-corrected chi connectivity index (χ4v) is 2.56. The molecule has 0 aliphatic rings. The highest BCUT2D eigenvalue weighted by Crippen LogP contribution is 2.24. The highest BCUT2D eigenvalue weighted by atomic mass is 35.5. The van der Waals surface area contributed by atoms with Gasteiger partial charge in [-0.25, -0.2) is 13.6 Å². The van der Waals surface area contributed by atoms with E-state index in [0.717, 1.165) is 0 Å². The summed E-state index contributed by atoms with van der Waals surface area (Å²) in [5, 5.41) is 17.4. The summed E-state index contributed by atoms with van der Waals surface area (Å²) in [4.78, 5) is 11.9. The SMILES string of the molecule is NS(=O)(=O)c1ccccc1NC(=O)c1cc(Cl)ccc1O. The number of nitrogens with two attached hydrogens (primary N) is 1. The standard InChI is InChI=1S/C13H11ClN2O4S/c14-8-5-6-11(17)9(7-8)13(18)16-10-3-1-2-4-12(10)21(15,19)20/h1-7,17H,(H,16,18)(H2,15,19,20). The van der Waals surface area contributed by atoms with Crippen LogP contribution in [0.5, 0.6) is 5.75 Å². The van der Waals surface area contributed by atoms with Crippen molar-refractivity contribution in [2.24, 2.45) is 5.14 Å². The number of phenolic OH excluding ortho intramolecular Hbond substituents is 1. The number of sulfonamides is 1. The fraction of sp³-hybridized carbons (Fsp3) is 0. The first-order valence-corrected chi connectivity index (χ1v) is 7.63. The van der Waals surface area contributed by atoms with Gasteiger partial charge in [0.05, 0.1) is 11.3 Å². The normalized spacial score (nSPS) is 11.1. The van der Waals surface area contributed by atoms with Crippen LogP contribution in [0.25, 0.3) is 0 Å². The smallest absolute Gasteiger partial charge is 0.259 e. The third-order valence-electron chi connectivity index (χ3n) is 2.65. The van der Waals surface area contributed by atoms with Gasteiger partial charge in [-0.3, -0.25) is 4.79 Å². The molecular weight excluding hydrogens is 316 g/mol. The van der Waals surface area contributed by atoms with Crippen LogP contribution in [-0.4, -0.2) is 19.4 Å². The van der Waals surface area contributed by atoms with Crippen LogP contribution in [0.3, 0.4) is 0 Å². The number of nitrogens with one attached hydrogen (secondary N) is 1. The number of carbonyl (C=O) groups excluding carboxylic acids is 1. The lowest BCUT2D eigenvalue weighted by Crippen LogP contribution is -2.18. The summed E-state index contributed by atoms with van der Waals surface area (Å²) in [6, 6.07) is 9.64. The van der Waals surface area contributed by atoms with Crippen LogP contribution < -0.4 is 10.5 Å². The zero-order valence-electron chi connectivity index (χ0n) is 10.6. The van der Waals surface area contributed by atoms with Gasteiger partial charge in [-0.15, -0.1) is 0 Å². The maximum Gasteiger partial charge on any atom is 0.259 e. The van der Waals surface area contributed by atoms with Crippen LogP contribution in [-0.2, 0) is 10.0 Å². The highest BCUT2D eigenvalue weighted by Gasteiger charge is 2.17. The summed E-state index contributed by atoms with van der Waals surface area (Å²) < 4.78 is 22.9. The molecular formula is C13H11ClN2O4S. The number of aromatic hydroxyl groups is 1. The predicted molar refractivity (Wildman–Crippen MR) is 78.9 cm³/mol. The second-order valence-electron chi connectivity index (χ2n) is 4.16. The lowest BCUT2D eigenvalue weighted by Gasteiger charge is -2.10. The Balaban J connectivity index is 2.39. The number of benzene rings is 2. The van der Waals surface area contributed by atoms with E-state index >= 15 is 0 Å². The molecule has 0 atom stereocenters. The van der Waals surface area contributed by atoms with Crippen molar-refractivity contribution in [1.29, 1.82) is 0 Å². The van der Waals surface area contributed by atoms with E-state index in [1.807, 2.05) is 0 Å². The molecule has 4 N–H and O–H groups in total. The number of anilines is 1. The maximum atomic E-state index is 12.1. The van der Waals surface area contributed by atoms with Crippen LogP contribution >= 0.6 is 11.6 Å². The molecule has 0 fully saturated rings. The van der Waals surface area contributed by atoms with Gasteiger partial charge in [-0.05, 0) is 30.3 Å². The largest absolute Gasteiger partial charge is 0.507 e. The quantitative estimate of drug-likeness (QED) is 0.800. The molecule has 0 bridgehead atoms. The van der Waals surface area contributed by atoms with Crippen molar-refractivity contribution in [3.8, 4) is 5.75 Å². The molecule has 21 heavy (non-hydrogen) atoms. The van der Waals surface area contributed by atoms with Crippen molar-refractivity contribution < 1.29 is 18.3 Å². The molecule has 110 valence electrons. The molecule has 0 aromatic heterocycles. The topological polar surface area (TPSA) is 109 Å². The molecule has 2 rings (SSSR count). The van der Waals surface area contributed by atoms with Crippen LogP contribution in [0.2, 0.25) is 5.02 Å². The number of halogens is 1. The van der Waals surface area contributed by atoms with Crippen molar-refractivity contribution in [1.82, 2.24) is 0 Å². The average Bonchev–Trinajstić information content (AvgIpc) is 2.41. The van der Waals surface area contributed by atoms with Crippen molar-refractivity contribution in [2.75, 3.05) is 5.32 Å². The van der Waals surface area contributed by atoms with Gasteiger partial charge in [0.25, 0.3) is 5.91 Å². The summed E-state index contributed by atoms with van der Waals surface area (Å²) in [6.07, 6.45) is 0. The van der Waals surface area contributed by atoms with Crippen LogP contribution in [0.4, 0.5) is 5.69 Å². The molecule has 0 saturated carbocycles. The summed E-state index contributed by atoms with van der Waals surface area (Å²) >= 11 is 5.76. The number of amides is 1. The summed E-state index contributed by atoms with van der Waals surface area (Å²) in [5.74, 6) is -0.976. The van der Waals surface area contributed by atoms with Crippen LogP contribution in [0.1, 0.15) is 10.4 Å². The maximum absolute atomic E-state index is 12.1. The first-order valence-electron chi connectivity index (χ1n) is 5.71. The Hall–Kier alpha value is -2.09. The van der Waals surface area contributed by atoms with Crippen molar-refractivity contribution in [2.45, 2.75) is 4.90 Å². The first-order chi connectivity index (χ1) is 9.79. The monoisotopic (exact) mass is 326 g/mol. The van der Waals surface area contributed by atoms with E-state index in [1.165, 1.54) is 36.4 Å². The van der Waals surface area contributed by atoms with Gasteiger partial charge in [-0.2, -0.15) is 0 Å². The van der Waals surface area contributed by atoms with E-state index in [1.54, 1.807) is 6.07 Å². The number of hydrogen-bond donors (Lipinski definition) is 3. The van der Waals surface area contributed by atoms with Gasteiger partial charge < -0.3 is 10.4 Å². The molecule has 0 heterocycles. The van der Waals surface area contributed by atoms with Gasteiger partial charge in [0.15, 0.2) is 0 Å². The van der Waals surface area contributed by atoms with E-state index in [-0.39, 0.29) is 26.9 Å². The lowest BCUT2D eigenvalue weighted by atomic mass is 10.2. The van der Waals surface area contributed by atoms with Gasteiger partial charge in [-0.1, -0.05) is 23.7 Å². The molecule has 6 nitrogen and oxygen atoms in total. The second kappa shape index (κ2) is 5.72. The molecule has 2 aromatic rings. The van der Waals surface area contributed by atoms with E-state index in [9.17, 15) is 18.3 Å². The number of primary sulfonamides is 1. The minimum atomic E-state index is -3.98. The Kier molecular flexibility index (Phi) is 4.17. The van der Waals surface area contributed by atoms with Crippen molar-refractivity contribution in [3.63, 3.8) is 0 Å². The van der Waals surface area contributed by atoms with Crippen molar-refractivity contribution in [3.05, 3.63) is 53.1 Å². The van der Waals surface area contributed by atoms with E-state index in [4.69, 9.17) is 16.7 Å². The molecule has 2 aromatic carbocycles. The summed E-state index contributed by atoms with van der Waals surface area (Å²) in [6.45, 7) is 0. The Morgan fingerprint density at radius 1 is 1.19 bits per heavy atom. The molecule has 0 saturated heterocycles. The minimum absolute atomic E-state index is 0.0179. The van der Waals surface area contributed by atoms with E-state index in [2.05, 4.69) is 5.32 Å². The third-order valence-corrected chi connectivity index (χ3v) is 3.85. The lowest BCUT2D eigenvalue weighted by molar-refractivity contribution is 0.102. The number of phenols is 1. The molecule has 1 amide bonds. The number of para-hydroxylation sites is 1. The van der Waals surface area contributed by atoms with E-state index in [0.29, 0.717) is 0 Å². The summed E-state index contributed by atoms with van der Waals surface area (Å²) in [7, 11) is -3.98. The van der Waals surface area contributed by atoms with Gasteiger partial charge in [0.1, 0.15) is 10.6 Å². The second-order valence-corrected chi connectivity index (χ2v) is 6.12. The molecule has 0 radical (unpaired) electrons. The predicted octanol–water partition coefficient (Wildman–Crippen LogP) is 1.95. The highest BCUT2D eigenvalue weighted by molar-refractivity contribution is 7.89. The number of carbonyl (C=O) groups is 1. The molecule has 8 heteroatoms. The molecule has 0 spiro atoms. The Bertz CT molecular complexity index is 806. The van der Waals surface area contributed by atoms with Crippen molar-refractivity contribution >= 4 is 33.2 Å². The summed E-state index contributed by atoms with van der Waals surface area (Å²) in [5.41, 5.74) is -0.0592. The fourth-order valence-electron chi connectivity index (χ4n) is 1.70. The Morgan fingerprint density at radius 2 is 1.86 bits per heavy atom. The number of rotatable bonds is 3. The molecule has 0 unspecified atom stereocenters. The van der Waals surface area contributed by atoms with E-state index < -0.39 is 15.9 Å². The zero-order valence-corrected chi connectivity index (χ0v) is 12.1. The van der Waals surface area contributed by atoms with Gasteiger partial charge in [0.2, 0.25) is 10.0 Å². The Labute approximate surface area is 126 Å². The molecule has 0 aliphatic heterocycles. The third kappa shape index (κ3) is 3.52. The van der Waals surface area contributed by atoms with Gasteiger partial charge >= 0.3 is 0 Å². The molecule has 0 aliphatic carbocycles. The minimum Gasteiger partial charge on any atom is -0.507 e. The number of hydrogen-bond acceptors (Lipinski definition) is 4. The van der Waals surface area contributed by atoms with Crippen LogP contribution in [0, 0.1) is 0 Å². The Morgan fingerprint density at radius 3 is 2.52 bits per heavy atom. The van der Waals surface area contributed by atoms with Gasteiger partial charge in [0, 0.05) is 5.02 Å². The average molecular weight is 327 g/mol.